The second-order valence-electron chi connectivity index (χ2n) is 2.84. The third-order valence-corrected chi connectivity index (χ3v) is 2.66. The lowest BCUT2D eigenvalue weighted by atomic mass is 10.3. The van der Waals surface area contributed by atoms with Crippen molar-refractivity contribution in [3.63, 3.8) is 0 Å². The fraction of sp³-hybridized carbons (Fsp3) is 0.444. The van der Waals surface area contributed by atoms with Gasteiger partial charge in [-0.15, -0.1) is 11.3 Å². The van der Waals surface area contributed by atoms with Crippen molar-refractivity contribution >= 4 is 11.3 Å². The van der Waals surface area contributed by atoms with E-state index in [2.05, 4.69) is 11.4 Å². The standard InChI is InChI=1S/C9H12N2OS/c1-7(6-12)11-5-9-3-2-8(4-10)13-9/h2-3,7,11-12H,5-6H2,1H3. The summed E-state index contributed by atoms with van der Waals surface area (Å²) < 4.78 is 0. The molecule has 0 radical (unpaired) electrons. The molecule has 3 nitrogen and oxygen atoms in total. The lowest BCUT2D eigenvalue weighted by Gasteiger charge is -2.08. The number of hydrogen-bond donors (Lipinski definition) is 2. The first-order chi connectivity index (χ1) is 6.26. The van der Waals surface area contributed by atoms with E-state index in [1.54, 1.807) is 0 Å². The highest BCUT2D eigenvalue weighted by atomic mass is 32.1. The van der Waals surface area contributed by atoms with Gasteiger partial charge in [-0.1, -0.05) is 0 Å². The number of nitrogens with one attached hydrogen (secondary N) is 1. The van der Waals surface area contributed by atoms with Gasteiger partial charge in [0, 0.05) is 17.5 Å². The van der Waals surface area contributed by atoms with Gasteiger partial charge >= 0.3 is 0 Å². The monoisotopic (exact) mass is 196 g/mol. The predicted molar refractivity (Wildman–Crippen MR) is 52.4 cm³/mol. The summed E-state index contributed by atoms with van der Waals surface area (Å²) in [5, 5.41) is 20.5. The Labute approximate surface area is 81.6 Å². The summed E-state index contributed by atoms with van der Waals surface area (Å²) in [6.45, 7) is 2.77. The molecule has 0 aliphatic heterocycles. The number of aliphatic hydroxyl groups excluding tert-OH is 1. The molecular weight excluding hydrogens is 184 g/mol. The van der Waals surface area contributed by atoms with Crippen molar-refractivity contribution in [2.75, 3.05) is 6.61 Å². The van der Waals surface area contributed by atoms with Crippen molar-refractivity contribution in [1.82, 2.24) is 5.32 Å². The summed E-state index contributed by atoms with van der Waals surface area (Å²) in [5.74, 6) is 0. The van der Waals surface area contributed by atoms with Gasteiger partial charge in [-0.25, -0.2) is 0 Å². The molecule has 13 heavy (non-hydrogen) atoms. The molecule has 0 aliphatic rings. The van der Waals surface area contributed by atoms with Crippen molar-refractivity contribution in [3.05, 3.63) is 21.9 Å². The summed E-state index contributed by atoms with van der Waals surface area (Å²) in [5.41, 5.74) is 0. The quantitative estimate of drug-likeness (QED) is 0.758. The van der Waals surface area contributed by atoms with Crippen LogP contribution < -0.4 is 5.32 Å². The highest BCUT2D eigenvalue weighted by Gasteiger charge is 2.01. The molecule has 1 rings (SSSR count). The Bertz CT molecular complexity index is 303. The van der Waals surface area contributed by atoms with Crippen molar-refractivity contribution in [3.8, 4) is 6.07 Å². The van der Waals surface area contributed by atoms with Crippen LogP contribution >= 0.6 is 11.3 Å². The summed E-state index contributed by atoms with van der Waals surface area (Å²) in [6, 6.07) is 5.94. The van der Waals surface area contributed by atoms with E-state index < -0.39 is 0 Å². The predicted octanol–water partition coefficient (Wildman–Crippen LogP) is 1.09. The van der Waals surface area contributed by atoms with E-state index in [9.17, 15) is 0 Å². The lowest BCUT2D eigenvalue weighted by Crippen LogP contribution is -2.28. The SMILES string of the molecule is CC(CO)NCc1ccc(C#N)s1. The van der Waals surface area contributed by atoms with Crippen molar-refractivity contribution in [1.29, 1.82) is 5.26 Å². The van der Waals surface area contributed by atoms with Crippen molar-refractivity contribution in [2.45, 2.75) is 19.5 Å². The Morgan fingerprint density at radius 2 is 2.46 bits per heavy atom. The summed E-state index contributed by atoms with van der Waals surface area (Å²) in [7, 11) is 0. The van der Waals surface area contributed by atoms with Crippen LogP contribution in [0.25, 0.3) is 0 Å². The molecule has 0 aliphatic carbocycles. The number of hydrogen-bond acceptors (Lipinski definition) is 4. The van der Waals surface area contributed by atoms with E-state index >= 15 is 0 Å². The molecule has 1 unspecified atom stereocenters. The summed E-state index contributed by atoms with van der Waals surface area (Å²) in [6.07, 6.45) is 0. The molecule has 1 heterocycles. The van der Waals surface area contributed by atoms with Crippen LogP contribution in [-0.2, 0) is 6.54 Å². The Kier molecular flexibility index (Phi) is 3.90. The Morgan fingerprint density at radius 3 is 3.00 bits per heavy atom. The van der Waals surface area contributed by atoms with Crippen LogP contribution in [0.5, 0.6) is 0 Å². The van der Waals surface area contributed by atoms with E-state index in [1.165, 1.54) is 11.3 Å². The van der Waals surface area contributed by atoms with Crippen LogP contribution in [0.4, 0.5) is 0 Å². The second kappa shape index (κ2) is 4.97. The van der Waals surface area contributed by atoms with Gasteiger partial charge in [0.15, 0.2) is 0 Å². The Hall–Kier alpha value is -0.890. The van der Waals surface area contributed by atoms with Gasteiger partial charge in [-0.05, 0) is 19.1 Å². The van der Waals surface area contributed by atoms with Gasteiger partial charge in [0.25, 0.3) is 0 Å². The summed E-state index contributed by atoms with van der Waals surface area (Å²) in [4.78, 5) is 1.85. The first kappa shape index (κ1) is 10.2. The number of thiophene rings is 1. The van der Waals surface area contributed by atoms with E-state index in [0.29, 0.717) is 6.54 Å². The maximum absolute atomic E-state index is 8.75. The minimum Gasteiger partial charge on any atom is -0.395 e. The number of nitrogens with zero attached hydrogens (tertiary/aromatic N) is 1. The van der Waals surface area contributed by atoms with Gasteiger partial charge in [0.2, 0.25) is 0 Å². The van der Waals surface area contributed by atoms with Crippen LogP contribution in [0.3, 0.4) is 0 Å². The first-order valence-corrected chi connectivity index (χ1v) is 4.91. The average molecular weight is 196 g/mol. The van der Waals surface area contributed by atoms with E-state index in [4.69, 9.17) is 10.4 Å². The molecule has 1 aromatic rings. The van der Waals surface area contributed by atoms with Gasteiger partial charge in [0.05, 0.1) is 6.61 Å². The molecule has 0 amide bonds. The van der Waals surface area contributed by atoms with Gasteiger partial charge < -0.3 is 10.4 Å². The lowest BCUT2D eigenvalue weighted by molar-refractivity contribution is 0.251. The zero-order valence-electron chi connectivity index (χ0n) is 7.45. The smallest absolute Gasteiger partial charge is 0.110 e. The zero-order chi connectivity index (χ0) is 9.68. The molecule has 0 spiro atoms. The third-order valence-electron chi connectivity index (χ3n) is 1.67. The maximum atomic E-state index is 8.75. The van der Waals surface area contributed by atoms with Crippen LogP contribution in [0.2, 0.25) is 0 Å². The minimum absolute atomic E-state index is 0.104. The fourth-order valence-corrected chi connectivity index (χ4v) is 1.63. The zero-order valence-corrected chi connectivity index (χ0v) is 8.27. The molecule has 0 saturated heterocycles. The molecule has 1 aromatic heterocycles. The van der Waals surface area contributed by atoms with Crippen LogP contribution in [-0.4, -0.2) is 17.8 Å². The molecule has 0 saturated carbocycles. The topological polar surface area (TPSA) is 56.0 Å². The molecule has 70 valence electrons. The second-order valence-corrected chi connectivity index (χ2v) is 4.01. The van der Waals surface area contributed by atoms with Crippen molar-refractivity contribution in [2.24, 2.45) is 0 Å². The van der Waals surface area contributed by atoms with Crippen LogP contribution in [0, 0.1) is 11.3 Å². The Balaban J connectivity index is 2.42. The average Bonchev–Trinajstić information content (AvgIpc) is 2.61. The highest BCUT2D eigenvalue weighted by molar-refractivity contribution is 7.12. The van der Waals surface area contributed by atoms with Gasteiger partial charge in [-0.3, -0.25) is 0 Å². The van der Waals surface area contributed by atoms with Crippen LogP contribution in [0.15, 0.2) is 12.1 Å². The molecule has 0 fully saturated rings. The number of rotatable bonds is 4. The van der Waals surface area contributed by atoms with Gasteiger partial charge in [-0.2, -0.15) is 5.26 Å². The van der Waals surface area contributed by atoms with E-state index in [0.717, 1.165) is 9.75 Å². The third kappa shape index (κ3) is 3.15. The van der Waals surface area contributed by atoms with Crippen LogP contribution in [0.1, 0.15) is 16.7 Å². The minimum atomic E-state index is 0.104. The van der Waals surface area contributed by atoms with E-state index in [-0.39, 0.29) is 12.6 Å². The molecule has 0 bridgehead atoms. The van der Waals surface area contributed by atoms with Crippen molar-refractivity contribution < 1.29 is 5.11 Å². The molecule has 1 atom stereocenters. The van der Waals surface area contributed by atoms with Gasteiger partial charge in [0.1, 0.15) is 10.9 Å². The molecular formula is C9H12N2OS. The number of nitriles is 1. The van der Waals surface area contributed by atoms with E-state index in [1.807, 2.05) is 19.1 Å². The highest BCUT2D eigenvalue weighted by Crippen LogP contribution is 2.14. The maximum Gasteiger partial charge on any atom is 0.110 e. The summed E-state index contributed by atoms with van der Waals surface area (Å²) >= 11 is 1.48. The first-order valence-electron chi connectivity index (χ1n) is 4.09. The number of aliphatic hydroxyl groups is 1. The largest absolute Gasteiger partial charge is 0.395 e. The fourth-order valence-electron chi connectivity index (χ4n) is 0.872. The molecule has 2 N–H and O–H groups in total. The molecule has 4 heteroatoms. The normalized spacial score (nSPS) is 12.4. The Morgan fingerprint density at radius 1 is 1.69 bits per heavy atom. The molecule has 0 aromatic carbocycles.